The van der Waals surface area contributed by atoms with Gasteiger partial charge >= 0.3 is 0 Å². The molecule has 0 saturated heterocycles. The monoisotopic (exact) mass is 388 g/mol. The predicted molar refractivity (Wildman–Crippen MR) is 112 cm³/mol. The summed E-state index contributed by atoms with van der Waals surface area (Å²) in [5.74, 6) is -0.742. The van der Waals surface area contributed by atoms with Crippen LogP contribution in [0.4, 0.5) is 11.4 Å². The number of benzene rings is 3. The second kappa shape index (κ2) is 7.33. The van der Waals surface area contributed by atoms with Gasteiger partial charge in [0.2, 0.25) is 0 Å². The highest BCUT2D eigenvalue weighted by atomic mass is 35.5. The molecule has 4 rings (SSSR count). The normalized spacial score (nSPS) is 14.0. The van der Waals surface area contributed by atoms with Gasteiger partial charge in [-0.2, -0.15) is 0 Å². The maximum absolute atomic E-state index is 13.4. The van der Waals surface area contributed by atoms with E-state index in [0.29, 0.717) is 27.5 Å². The average molecular weight is 389 g/mol. The van der Waals surface area contributed by atoms with Crippen LogP contribution in [0.25, 0.3) is 5.57 Å². The van der Waals surface area contributed by atoms with Crippen LogP contribution in [0.3, 0.4) is 0 Å². The van der Waals surface area contributed by atoms with Crippen LogP contribution < -0.4 is 9.80 Å². The van der Waals surface area contributed by atoms with Gasteiger partial charge in [-0.3, -0.25) is 9.59 Å². The minimum absolute atomic E-state index is 0.336. The number of likely N-dealkylation sites (N-methyl/N-ethyl adjacent to an activating group) is 1. The van der Waals surface area contributed by atoms with Gasteiger partial charge in [0.15, 0.2) is 0 Å². The number of imide groups is 1. The number of carbonyl (C=O) groups is 2. The van der Waals surface area contributed by atoms with E-state index in [1.54, 1.807) is 36.2 Å². The molecule has 1 aliphatic rings. The van der Waals surface area contributed by atoms with Crippen molar-refractivity contribution in [2.45, 2.75) is 0 Å². The summed E-state index contributed by atoms with van der Waals surface area (Å²) < 4.78 is 0. The Morgan fingerprint density at radius 2 is 1.43 bits per heavy atom. The summed E-state index contributed by atoms with van der Waals surface area (Å²) in [6, 6.07) is 25.5. The van der Waals surface area contributed by atoms with Crippen molar-refractivity contribution in [1.82, 2.24) is 0 Å². The van der Waals surface area contributed by atoms with Crippen LogP contribution in [0.1, 0.15) is 5.56 Å². The van der Waals surface area contributed by atoms with Crippen molar-refractivity contribution in [3.63, 3.8) is 0 Å². The van der Waals surface area contributed by atoms with Gasteiger partial charge in [0.25, 0.3) is 11.8 Å². The molecule has 4 nitrogen and oxygen atoms in total. The Hall–Kier alpha value is -3.37. The summed E-state index contributed by atoms with van der Waals surface area (Å²) in [4.78, 5) is 29.7. The molecule has 0 fully saturated rings. The molecule has 0 atom stereocenters. The molecule has 1 heterocycles. The fourth-order valence-electron chi connectivity index (χ4n) is 3.32. The summed E-state index contributed by atoms with van der Waals surface area (Å²) in [6.07, 6.45) is 0. The zero-order chi connectivity index (χ0) is 19.7. The first-order chi connectivity index (χ1) is 13.6. The molecule has 0 saturated carbocycles. The van der Waals surface area contributed by atoms with Crippen molar-refractivity contribution in [3.05, 3.63) is 101 Å². The zero-order valence-electron chi connectivity index (χ0n) is 15.2. The van der Waals surface area contributed by atoms with E-state index in [-0.39, 0.29) is 11.8 Å². The number of para-hydroxylation sites is 1. The minimum atomic E-state index is -0.377. The third-order valence-electron chi connectivity index (χ3n) is 4.67. The van der Waals surface area contributed by atoms with Crippen LogP contribution in [0, 0.1) is 0 Å². The molecular formula is C23H17ClN2O2. The quantitative estimate of drug-likeness (QED) is 0.605. The lowest BCUT2D eigenvalue weighted by molar-refractivity contribution is -0.120. The Morgan fingerprint density at radius 3 is 2.07 bits per heavy atom. The van der Waals surface area contributed by atoms with Crippen molar-refractivity contribution in [3.8, 4) is 0 Å². The first-order valence-electron chi connectivity index (χ1n) is 8.81. The lowest BCUT2D eigenvalue weighted by Gasteiger charge is -2.21. The molecule has 0 spiro atoms. The number of rotatable bonds is 4. The first-order valence-corrected chi connectivity index (χ1v) is 9.18. The van der Waals surface area contributed by atoms with Gasteiger partial charge in [-0.1, -0.05) is 66.2 Å². The van der Waals surface area contributed by atoms with Gasteiger partial charge in [-0.25, -0.2) is 4.90 Å². The molecule has 138 valence electrons. The maximum Gasteiger partial charge on any atom is 0.282 e. The first kappa shape index (κ1) is 18.0. The molecule has 0 radical (unpaired) electrons. The minimum Gasteiger partial charge on any atom is -0.339 e. The molecule has 0 unspecified atom stereocenters. The van der Waals surface area contributed by atoms with Gasteiger partial charge in [0.1, 0.15) is 5.70 Å². The molecule has 5 heteroatoms. The van der Waals surface area contributed by atoms with Crippen LogP contribution in [-0.4, -0.2) is 18.9 Å². The molecule has 3 aromatic carbocycles. The highest BCUT2D eigenvalue weighted by Crippen LogP contribution is 2.36. The Bertz CT molecular complexity index is 1080. The molecule has 0 bridgehead atoms. The molecular weight excluding hydrogens is 372 g/mol. The fraction of sp³-hybridized carbons (Fsp3) is 0.0435. The van der Waals surface area contributed by atoms with Crippen LogP contribution in [0.5, 0.6) is 0 Å². The van der Waals surface area contributed by atoms with E-state index in [1.165, 1.54) is 4.90 Å². The van der Waals surface area contributed by atoms with Crippen molar-refractivity contribution < 1.29 is 9.59 Å². The lowest BCUT2D eigenvalue weighted by atomic mass is 10.0. The number of amides is 2. The number of halogens is 1. The number of hydrogen-bond donors (Lipinski definition) is 0. The molecule has 0 aliphatic carbocycles. The third-order valence-corrected chi connectivity index (χ3v) is 4.90. The van der Waals surface area contributed by atoms with E-state index in [4.69, 9.17) is 11.6 Å². The summed E-state index contributed by atoms with van der Waals surface area (Å²) in [7, 11) is 1.79. The van der Waals surface area contributed by atoms with E-state index in [1.807, 2.05) is 60.7 Å². The molecule has 3 aromatic rings. The van der Waals surface area contributed by atoms with E-state index < -0.39 is 0 Å². The second-order valence-corrected chi connectivity index (χ2v) is 6.85. The Labute approximate surface area is 168 Å². The zero-order valence-corrected chi connectivity index (χ0v) is 15.9. The maximum atomic E-state index is 13.4. The van der Waals surface area contributed by atoms with Crippen LogP contribution in [0.2, 0.25) is 5.02 Å². The smallest absolute Gasteiger partial charge is 0.282 e. The van der Waals surface area contributed by atoms with E-state index >= 15 is 0 Å². The van der Waals surface area contributed by atoms with Gasteiger partial charge in [0.05, 0.1) is 11.3 Å². The van der Waals surface area contributed by atoms with Gasteiger partial charge in [0, 0.05) is 17.8 Å². The predicted octanol–water partition coefficient (Wildman–Crippen LogP) is 4.76. The SMILES string of the molecule is CN(C1=C(c2ccccc2)C(=O)N(c2cccc(Cl)c2)C1=O)c1ccccc1. The topological polar surface area (TPSA) is 40.6 Å². The molecule has 28 heavy (non-hydrogen) atoms. The Balaban J connectivity index is 1.88. The standard InChI is InChI=1S/C23H17ClN2O2/c1-25(18-12-6-3-7-13-18)21-20(16-9-4-2-5-10-16)22(27)26(23(21)28)19-14-8-11-17(24)15-19/h2-15H,1H3. The van der Waals surface area contributed by atoms with Crippen LogP contribution >= 0.6 is 11.6 Å². The number of nitrogens with zero attached hydrogens (tertiary/aromatic N) is 2. The van der Waals surface area contributed by atoms with Crippen molar-refractivity contribution in [1.29, 1.82) is 0 Å². The summed E-state index contributed by atoms with van der Waals surface area (Å²) in [6.45, 7) is 0. The molecule has 2 amide bonds. The number of anilines is 2. The van der Waals surface area contributed by atoms with E-state index in [2.05, 4.69) is 0 Å². The average Bonchev–Trinajstić information content (AvgIpc) is 2.99. The Morgan fingerprint density at radius 1 is 0.786 bits per heavy atom. The Kier molecular flexibility index (Phi) is 4.72. The number of hydrogen-bond acceptors (Lipinski definition) is 3. The van der Waals surface area contributed by atoms with Crippen molar-refractivity contribution in [2.75, 3.05) is 16.8 Å². The molecule has 0 aromatic heterocycles. The van der Waals surface area contributed by atoms with Gasteiger partial charge < -0.3 is 4.90 Å². The van der Waals surface area contributed by atoms with Crippen molar-refractivity contribution >= 4 is 40.4 Å². The highest BCUT2D eigenvalue weighted by molar-refractivity contribution is 6.46. The largest absolute Gasteiger partial charge is 0.339 e. The summed E-state index contributed by atoms with van der Waals surface area (Å²) in [5, 5.41) is 0.462. The van der Waals surface area contributed by atoms with Gasteiger partial charge in [-0.05, 0) is 35.9 Å². The third kappa shape index (κ3) is 3.08. The van der Waals surface area contributed by atoms with Crippen LogP contribution in [0.15, 0.2) is 90.6 Å². The highest BCUT2D eigenvalue weighted by Gasteiger charge is 2.42. The molecule has 0 N–H and O–H groups in total. The van der Waals surface area contributed by atoms with E-state index in [0.717, 1.165) is 5.69 Å². The van der Waals surface area contributed by atoms with Crippen LogP contribution in [-0.2, 0) is 9.59 Å². The van der Waals surface area contributed by atoms with E-state index in [9.17, 15) is 9.59 Å². The second-order valence-electron chi connectivity index (χ2n) is 6.41. The number of carbonyl (C=O) groups excluding carboxylic acids is 2. The molecule has 1 aliphatic heterocycles. The summed E-state index contributed by atoms with van der Waals surface area (Å²) in [5.41, 5.74) is 2.68. The lowest BCUT2D eigenvalue weighted by Crippen LogP contribution is -2.34. The van der Waals surface area contributed by atoms with Crippen molar-refractivity contribution in [2.24, 2.45) is 0 Å². The fourth-order valence-corrected chi connectivity index (χ4v) is 3.51. The summed E-state index contributed by atoms with van der Waals surface area (Å²) >= 11 is 6.09. The van der Waals surface area contributed by atoms with Gasteiger partial charge in [-0.15, -0.1) is 0 Å².